The molecule has 0 atom stereocenters. The summed E-state index contributed by atoms with van der Waals surface area (Å²) in [5.74, 6) is 0. The predicted octanol–water partition coefficient (Wildman–Crippen LogP) is 7.02. The van der Waals surface area contributed by atoms with Crippen molar-refractivity contribution in [1.82, 2.24) is 0 Å². The largest absolute Gasteiger partial charge is 0.400 e. The number of aliphatic hydroxyl groups is 1. The van der Waals surface area contributed by atoms with Gasteiger partial charge >= 0.3 is 0 Å². The molecule has 2 N–H and O–H groups in total. The molecule has 198 valence electrons. The van der Waals surface area contributed by atoms with E-state index in [1.165, 1.54) is 36.4 Å². The van der Waals surface area contributed by atoms with Gasteiger partial charge in [-0.2, -0.15) is 8.42 Å². The first kappa shape index (κ1) is 32.6. The van der Waals surface area contributed by atoms with E-state index in [1.807, 2.05) is 37.3 Å². The molecular weight excluding hydrogens is 579 g/mol. The molecule has 0 bridgehead atoms. The smallest absolute Gasteiger partial charge is 0.294 e. The lowest BCUT2D eigenvalue weighted by atomic mass is 10.2. The first-order chi connectivity index (χ1) is 17.4. The topological polar surface area (TPSA) is 109 Å². The summed E-state index contributed by atoms with van der Waals surface area (Å²) in [5, 5.41) is 8.74. The summed E-state index contributed by atoms with van der Waals surface area (Å²) in [6.45, 7) is 1.92. The van der Waals surface area contributed by atoms with Crippen LogP contribution in [0.3, 0.4) is 0 Å². The molecule has 0 amide bonds. The Morgan fingerprint density at radius 3 is 1.16 bits per heavy atom. The van der Waals surface area contributed by atoms with Gasteiger partial charge in [0.1, 0.15) is 0 Å². The molecule has 0 fully saturated rings. The maximum atomic E-state index is 12.2. The number of hydrogen-bond donors (Lipinski definition) is 2. The van der Waals surface area contributed by atoms with Crippen molar-refractivity contribution in [3.05, 3.63) is 124 Å². The average Bonchev–Trinajstić information content (AvgIpc) is 2.87. The molecule has 11 heteroatoms. The van der Waals surface area contributed by atoms with E-state index in [4.69, 9.17) is 44.5 Å². The highest BCUT2D eigenvalue weighted by molar-refractivity contribution is 7.91. The van der Waals surface area contributed by atoms with Crippen molar-refractivity contribution in [1.29, 1.82) is 0 Å². The fourth-order valence-corrected chi connectivity index (χ4v) is 4.63. The van der Waals surface area contributed by atoms with Gasteiger partial charge < -0.3 is 5.11 Å². The molecule has 4 aromatic rings. The summed E-state index contributed by atoms with van der Waals surface area (Å²) in [5.41, 5.74) is 1.03. The molecule has 0 aliphatic carbocycles. The number of aryl methyl sites for hydroxylation is 1. The van der Waals surface area contributed by atoms with Crippen molar-refractivity contribution in [2.45, 2.75) is 21.6 Å². The van der Waals surface area contributed by atoms with Crippen molar-refractivity contribution < 1.29 is 26.5 Å². The first-order valence-electron chi connectivity index (χ1n) is 10.4. The standard InChI is InChI=1S/C13H11ClO2S.C6H5ClO3S.C6H5Cl.CH4O/c1-10-2-6-12(7-3-10)17(15,16)13-8-4-11(14)5-9-13;7-5-1-3-6(4-2-5)11(8,9)10;7-6-4-2-1-3-5-6;1-2/h2-9H,1H3;1-4H,(H,8,9,10);1-5H;2H,1H3. The lowest BCUT2D eigenvalue weighted by molar-refractivity contribution is 0.399. The molecule has 0 aliphatic heterocycles. The Morgan fingerprint density at radius 2 is 0.838 bits per heavy atom. The summed E-state index contributed by atoms with van der Waals surface area (Å²) in [7, 11) is -6.51. The molecule has 0 aliphatic rings. The van der Waals surface area contributed by atoms with Crippen LogP contribution in [-0.4, -0.2) is 33.6 Å². The van der Waals surface area contributed by atoms with Gasteiger partial charge in [-0.1, -0.05) is 70.7 Å². The number of hydrogen-bond acceptors (Lipinski definition) is 5. The van der Waals surface area contributed by atoms with Gasteiger partial charge in [-0.3, -0.25) is 4.55 Å². The van der Waals surface area contributed by atoms with Gasteiger partial charge in [-0.15, -0.1) is 0 Å². The van der Waals surface area contributed by atoms with Crippen molar-refractivity contribution in [2.24, 2.45) is 0 Å². The molecule has 0 saturated carbocycles. The molecule has 0 radical (unpaired) electrons. The molecule has 4 rings (SSSR count). The van der Waals surface area contributed by atoms with Crippen LogP contribution < -0.4 is 0 Å². The summed E-state index contributed by atoms with van der Waals surface area (Å²) in [4.78, 5) is 0.401. The minimum Gasteiger partial charge on any atom is -0.400 e. The fourth-order valence-electron chi connectivity index (χ4n) is 2.49. The molecule has 0 spiro atoms. The van der Waals surface area contributed by atoms with Crippen LogP contribution >= 0.6 is 34.8 Å². The minimum absolute atomic E-state index is 0.151. The Bertz CT molecular complexity index is 1370. The number of sulfone groups is 1. The van der Waals surface area contributed by atoms with Crippen molar-refractivity contribution in [3.8, 4) is 0 Å². The van der Waals surface area contributed by atoms with E-state index in [-0.39, 0.29) is 9.79 Å². The van der Waals surface area contributed by atoms with Crippen molar-refractivity contribution in [3.63, 3.8) is 0 Å². The van der Waals surface area contributed by atoms with Crippen LogP contribution in [0.25, 0.3) is 0 Å². The molecule has 4 aromatic carbocycles. The van der Waals surface area contributed by atoms with E-state index < -0.39 is 20.0 Å². The van der Waals surface area contributed by atoms with Gasteiger partial charge in [-0.25, -0.2) is 8.42 Å². The Morgan fingerprint density at radius 1 is 0.514 bits per heavy atom. The van der Waals surface area contributed by atoms with Crippen LogP contribution in [0.1, 0.15) is 5.56 Å². The van der Waals surface area contributed by atoms with Gasteiger partial charge in [0, 0.05) is 22.2 Å². The third-order valence-corrected chi connectivity index (χ3v) is 7.71. The second kappa shape index (κ2) is 15.7. The monoisotopic (exact) mass is 602 g/mol. The second-order valence-corrected chi connectivity index (χ2v) is 11.7. The van der Waals surface area contributed by atoms with Crippen LogP contribution in [0.2, 0.25) is 15.1 Å². The molecule has 37 heavy (non-hydrogen) atoms. The third-order valence-electron chi connectivity index (χ3n) is 4.30. The normalized spacial score (nSPS) is 10.5. The van der Waals surface area contributed by atoms with Gasteiger partial charge in [0.05, 0.1) is 14.7 Å². The number of rotatable bonds is 3. The zero-order valence-corrected chi connectivity index (χ0v) is 23.7. The maximum Gasteiger partial charge on any atom is 0.294 e. The second-order valence-electron chi connectivity index (χ2n) is 6.99. The van der Waals surface area contributed by atoms with E-state index in [0.717, 1.165) is 17.7 Å². The first-order valence-corrected chi connectivity index (χ1v) is 14.4. The minimum atomic E-state index is -4.08. The van der Waals surface area contributed by atoms with Crippen LogP contribution in [-0.2, 0) is 20.0 Å². The summed E-state index contributed by atoms with van der Waals surface area (Å²) < 4.78 is 53.8. The summed E-state index contributed by atoms with van der Waals surface area (Å²) in [6.07, 6.45) is 0. The molecular formula is C26H25Cl3O6S2. The maximum absolute atomic E-state index is 12.2. The molecule has 0 aromatic heterocycles. The Kier molecular flexibility index (Phi) is 13.9. The molecule has 0 unspecified atom stereocenters. The fraction of sp³-hybridized carbons (Fsp3) is 0.0769. The van der Waals surface area contributed by atoms with Crippen LogP contribution in [0.4, 0.5) is 0 Å². The van der Waals surface area contributed by atoms with E-state index in [1.54, 1.807) is 36.4 Å². The summed E-state index contributed by atoms with van der Waals surface area (Å²) >= 11 is 16.8. The summed E-state index contributed by atoms with van der Waals surface area (Å²) in [6, 6.07) is 27.6. The van der Waals surface area contributed by atoms with Gasteiger partial charge in [0.15, 0.2) is 0 Å². The van der Waals surface area contributed by atoms with Gasteiger partial charge in [-0.05, 0) is 79.7 Å². The van der Waals surface area contributed by atoms with Crippen molar-refractivity contribution >= 4 is 54.8 Å². The van der Waals surface area contributed by atoms with Crippen molar-refractivity contribution in [2.75, 3.05) is 7.11 Å². The molecule has 0 saturated heterocycles. The van der Waals surface area contributed by atoms with E-state index in [2.05, 4.69) is 0 Å². The van der Waals surface area contributed by atoms with E-state index in [0.29, 0.717) is 14.9 Å². The van der Waals surface area contributed by atoms with Crippen LogP contribution in [0.5, 0.6) is 0 Å². The third kappa shape index (κ3) is 11.7. The quantitative estimate of drug-likeness (QED) is 0.244. The van der Waals surface area contributed by atoms with E-state index >= 15 is 0 Å². The average molecular weight is 604 g/mol. The van der Waals surface area contributed by atoms with Gasteiger partial charge in [0.25, 0.3) is 10.1 Å². The zero-order valence-electron chi connectivity index (χ0n) is 19.8. The zero-order chi connectivity index (χ0) is 28.1. The Balaban J connectivity index is 0.000000293. The van der Waals surface area contributed by atoms with E-state index in [9.17, 15) is 16.8 Å². The highest BCUT2D eigenvalue weighted by atomic mass is 35.5. The number of aliphatic hydroxyl groups excluding tert-OH is 1. The van der Waals surface area contributed by atoms with Crippen LogP contribution in [0, 0.1) is 6.92 Å². The molecule has 6 nitrogen and oxygen atoms in total. The lowest BCUT2D eigenvalue weighted by Crippen LogP contribution is -2.01. The highest BCUT2D eigenvalue weighted by Crippen LogP contribution is 2.22. The Hall–Kier alpha value is -2.43. The molecule has 0 heterocycles. The van der Waals surface area contributed by atoms with Gasteiger partial charge in [0.2, 0.25) is 9.84 Å². The SMILES string of the molecule is CO.Cc1ccc(S(=O)(=O)c2ccc(Cl)cc2)cc1.Clc1ccccc1.O=S(=O)(O)c1ccc(Cl)cc1. The number of halogens is 3. The highest BCUT2D eigenvalue weighted by Gasteiger charge is 2.16. The lowest BCUT2D eigenvalue weighted by Gasteiger charge is -2.04. The Labute approximate surface area is 232 Å². The number of benzene rings is 4. The van der Waals surface area contributed by atoms with Crippen LogP contribution in [0.15, 0.2) is 118 Å². The predicted molar refractivity (Wildman–Crippen MR) is 149 cm³/mol.